The number of benzene rings is 1. The van der Waals surface area contributed by atoms with Gasteiger partial charge in [-0.25, -0.2) is 8.42 Å². The topological polar surface area (TPSA) is 83.4 Å². The van der Waals surface area contributed by atoms with Gasteiger partial charge in [-0.05, 0) is 44.1 Å². The zero-order chi connectivity index (χ0) is 18.7. The zero-order valence-electron chi connectivity index (χ0n) is 15.2. The molecule has 1 aromatic carbocycles. The lowest BCUT2D eigenvalue weighted by Gasteiger charge is -2.22. The first-order valence-electron chi connectivity index (χ1n) is 8.94. The van der Waals surface area contributed by atoms with Crippen LogP contribution in [0.2, 0.25) is 0 Å². The maximum absolute atomic E-state index is 12.4. The van der Waals surface area contributed by atoms with Gasteiger partial charge in [0.1, 0.15) is 6.54 Å². The van der Waals surface area contributed by atoms with Crippen LogP contribution in [0.3, 0.4) is 0 Å². The summed E-state index contributed by atoms with van der Waals surface area (Å²) in [5.74, 6) is -0.0353. The van der Waals surface area contributed by atoms with Gasteiger partial charge in [0.15, 0.2) is 0 Å². The summed E-state index contributed by atoms with van der Waals surface area (Å²) in [6.07, 6.45) is 5.25. The fourth-order valence-corrected chi connectivity index (χ4v) is 4.21. The lowest BCUT2D eigenvalue weighted by molar-refractivity contribution is -0.121. The Labute approximate surface area is 154 Å². The van der Waals surface area contributed by atoms with Crippen LogP contribution in [0.4, 0.5) is 5.69 Å². The molecule has 1 atom stereocenters. The van der Waals surface area contributed by atoms with Crippen LogP contribution in [0.15, 0.2) is 30.5 Å². The van der Waals surface area contributed by atoms with Gasteiger partial charge in [-0.1, -0.05) is 13.0 Å². The number of rotatable bonds is 7. The molecule has 0 aliphatic carbocycles. The minimum absolute atomic E-state index is 0.0353. The molecule has 1 aliphatic rings. The number of nitrogens with zero attached hydrogens (tertiary/aromatic N) is 2. The van der Waals surface area contributed by atoms with E-state index in [1.54, 1.807) is 12.1 Å². The second kappa shape index (κ2) is 7.67. The van der Waals surface area contributed by atoms with Crippen molar-refractivity contribution < 1.29 is 13.2 Å². The second-order valence-corrected chi connectivity index (χ2v) is 8.53. The summed E-state index contributed by atoms with van der Waals surface area (Å²) in [7, 11) is -3.35. The average molecular weight is 378 g/mol. The summed E-state index contributed by atoms with van der Waals surface area (Å²) in [6, 6.07) is 7.63. The fraction of sp³-hybridized carbons (Fsp3) is 0.500. The highest BCUT2D eigenvalue weighted by Crippen LogP contribution is 2.25. The molecule has 1 aromatic heterocycles. The standard InChI is InChI=1S/C18H26N4O3S/c1-3-21-10-5-6-14(21)12-19-18(23)13-22-11-9-15-16(20-26(2,24)25)7-4-8-17(15)22/h4,7-9,11,14,20H,3,5-6,10,12-13H2,1-2H3,(H,19,23)/t14-/m1/s1. The molecule has 1 saturated heterocycles. The number of likely N-dealkylation sites (N-methyl/N-ethyl adjacent to an activating group) is 1. The van der Waals surface area contributed by atoms with Gasteiger partial charge in [-0.2, -0.15) is 0 Å². The molecular formula is C18H26N4O3S. The lowest BCUT2D eigenvalue weighted by Crippen LogP contribution is -2.40. The highest BCUT2D eigenvalue weighted by Gasteiger charge is 2.23. The maximum atomic E-state index is 12.4. The molecule has 2 aromatic rings. The van der Waals surface area contributed by atoms with E-state index in [1.807, 2.05) is 22.9 Å². The number of nitrogens with one attached hydrogen (secondary N) is 2. The van der Waals surface area contributed by atoms with Crippen LogP contribution in [0, 0.1) is 0 Å². The quantitative estimate of drug-likeness (QED) is 0.767. The number of hydrogen-bond acceptors (Lipinski definition) is 4. The van der Waals surface area contributed by atoms with Crippen molar-refractivity contribution in [3.63, 3.8) is 0 Å². The van der Waals surface area contributed by atoms with E-state index in [4.69, 9.17) is 0 Å². The number of carbonyl (C=O) groups is 1. The summed E-state index contributed by atoms with van der Waals surface area (Å²) in [5.41, 5.74) is 1.35. The van der Waals surface area contributed by atoms with Crippen molar-refractivity contribution in [2.75, 3.05) is 30.6 Å². The summed E-state index contributed by atoms with van der Waals surface area (Å²) in [5, 5.41) is 3.81. The third-order valence-electron chi connectivity index (χ3n) is 4.86. The molecule has 26 heavy (non-hydrogen) atoms. The number of aromatic nitrogens is 1. The van der Waals surface area contributed by atoms with Gasteiger partial charge in [0.2, 0.25) is 15.9 Å². The number of hydrogen-bond donors (Lipinski definition) is 2. The van der Waals surface area contributed by atoms with Gasteiger partial charge in [0.05, 0.1) is 17.5 Å². The van der Waals surface area contributed by atoms with Crippen LogP contribution in [-0.2, 0) is 21.4 Å². The molecule has 1 aliphatic heterocycles. The summed E-state index contributed by atoms with van der Waals surface area (Å²) in [6.45, 7) is 5.15. The van der Waals surface area contributed by atoms with E-state index in [0.29, 0.717) is 18.3 Å². The monoisotopic (exact) mass is 378 g/mol. The molecule has 8 heteroatoms. The maximum Gasteiger partial charge on any atom is 0.239 e. The van der Waals surface area contributed by atoms with Crippen LogP contribution in [0.1, 0.15) is 19.8 Å². The molecule has 7 nitrogen and oxygen atoms in total. The molecule has 2 N–H and O–H groups in total. The summed E-state index contributed by atoms with van der Waals surface area (Å²) >= 11 is 0. The Morgan fingerprint density at radius 3 is 2.85 bits per heavy atom. The van der Waals surface area contributed by atoms with E-state index in [0.717, 1.165) is 36.7 Å². The van der Waals surface area contributed by atoms with Crippen molar-refractivity contribution in [1.82, 2.24) is 14.8 Å². The molecule has 0 saturated carbocycles. The second-order valence-electron chi connectivity index (χ2n) is 6.78. The molecule has 0 bridgehead atoms. The number of carbonyl (C=O) groups excluding carboxylic acids is 1. The van der Waals surface area contributed by atoms with Crippen LogP contribution < -0.4 is 10.0 Å². The third-order valence-corrected chi connectivity index (χ3v) is 5.45. The van der Waals surface area contributed by atoms with Gasteiger partial charge in [0.25, 0.3) is 0 Å². The molecule has 142 valence electrons. The molecule has 0 unspecified atom stereocenters. The van der Waals surface area contributed by atoms with Gasteiger partial charge in [-0.3, -0.25) is 14.4 Å². The van der Waals surface area contributed by atoms with Crippen LogP contribution in [0.5, 0.6) is 0 Å². The number of likely N-dealkylation sites (tertiary alicyclic amines) is 1. The van der Waals surface area contributed by atoms with Crippen molar-refractivity contribution in [2.24, 2.45) is 0 Å². The van der Waals surface area contributed by atoms with Crippen LogP contribution >= 0.6 is 0 Å². The first-order chi connectivity index (χ1) is 12.4. The van der Waals surface area contributed by atoms with Gasteiger partial charge >= 0.3 is 0 Å². The van der Waals surface area contributed by atoms with Crippen LogP contribution in [0.25, 0.3) is 10.9 Å². The Balaban J connectivity index is 1.67. The smallest absolute Gasteiger partial charge is 0.239 e. The largest absolute Gasteiger partial charge is 0.353 e. The van der Waals surface area contributed by atoms with E-state index in [9.17, 15) is 13.2 Å². The molecule has 1 fully saturated rings. The van der Waals surface area contributed by atoms with E-state index < -0.39 is 10.0 Å². The van der Waals surface area contributed by atoms with Crippen molar-refractivity contribution >= 4 is 32.5 Å². The minimum atomic E-state index is -3.35. The fourth-order valence-electron chi connectivity index (χ4n) is 3.63. The van der Waals surface area contributed by atoms with Gasteiger partial charge in [0, 0.05) is 24.2 Å². The molecular weight excluding hydrogens is 352 g/mol. The lowest BCUT2D eigenvalue weighted by atomic mass is 10.2. The minimum Gasteiger partial charge on any atom is -0.353 e. The number of fused-ring (bicyclic) bond motifs is 1. The van der Waals surface area contributed by atoms with E-state index in [-0.39, 0.29) is 12.5 Å². The first kappa shape index (κ1) is 18.7. The molecule has 0 spiro atoms. The van der Waals surface area contributed by atoms with E-state index >= 15 is 0 Å². The Morgan fingerprint density at radius 1 is 1.31 bits per heavy atom. The highest BCUT2D eigenvalue weighted by molar-refractivity contribution is 7.92. The molecule has 2 heterocycles. The summed E-state index contributed by atoms with van der Waals surface area (Å²) < 4.78 is 27.4. The van der Waals surface area contributed by atoms with Gasteiger partial charge < -0.3 is 9.88 Å². The SMILES string of the molecule is CCN1CCC[C@@H]1CNC(=O)Cn1ccc2c(NS(C)(=O)=O)cccc21. The zero-order valence-corrected chi connectivity index (χ0v) is 16.1. The van der Waals surface area contributed by atoms with E-state index in [1.165, 1.54) is 6.42 Å². The molecule has 3 rings (SSSR count). The van der Waals surface area contributed by atoms with Crippen LogP contribution in [-0.4, -0.2) is 55.7 Å². The predicted octanol–water partition coefficient (Wildman–Crippen LogP) is 1.61. The Morgan fingerprint density at radius 2 is 2.12 bits per heavy atom. The van der Waals surface area contributed by atoms with Gasteiger partial charge in [-0.15, -0.1) is 0 Å². The van der Waals surface area contributed by atoms with Crippen molar-refractivity contribution in [3.05, 3.63) is 30.5 Å². The predicted molar refractivity (Wildman–Crippen MR) is 104 cm³/mol. The average Bonchev–Trinajstić information content (AvgIpc) is 3.19. The Kier molecular flexibility index (Phi) is 5.52. The number of sulfonamides is 1. The Hall–Kier alpha value is -2.06. The van der Waals surface area contributed by atoms with E-state index in [2.05, 4.69) is 21.9 Å². The normalized spacial score (nSPS) is 18.3. The molecule has 1 amide bonds. The highest BCUT2D eigenvalue weighted by atomic mass is 32.2. The van der Waals surface area contributed by atoms with Crippen molar-refractivity contribution in [2.45, 2.75) is 32.4 Å². The van der Waals surface area contributed by atoms with Crippen molar-refractivity contribution in [3.8, 4) is 0 Å². The number of anilines is 1. The molecule has 0 radical (unpaired) electrons. The third kappa shape index (κ3) is 4.37. The Bertz CT molecular complexity index is 891. The van der Waals surface area contributed by atoms with Crippen molar-refractivity contribution in [1.29, 1.82) is 0 Å². The summed E-state index contributed by atoms with van der Waals surface area (Å²) in [4.78, 5) is 14.8. The number of amides is 1. The first-order valence-corrected chi connectivity index (χ1v) is 10.8.